The van der Waals surface area contributed by atoms with E-state index in [1.807, 2.05) is 0 Å². The zero-order chi connectivity index (χ0) is 6.85. The van der Waals surface area contributed by atoms with Crippen molar-refractivity contribution in [1.29, 1.82) is 0 Å². The maximum atomic E-state index is 10.3. The van der Waals surface area contributed by atoms with Gasteiger partial charge in [0.05, 0.1) is 0 Å². The Kier molecular flexibility index (Phi) is 3.79. The molecule has 0 radical (unpaired) electrons. The minimum absolute atomic E-state index is 0. The molecule has 0 amide bonds. The van der Waals surface area contributed by atoms with Crippen molar-refractivity contribution in [2.24, 2.45) is 0 Å². The fourth-order valence-electron chi connectivity index (χ4n) is 0.750. The standard InChI is InChI=1S/C7H7O2.Na/c1-5-3-2-4-6(5)7(8)9;/h2-4H,1H3,(H,8,9);/q-1;+1. The number of hydrogen-bond donors (Lipinski definition) is 1. The molecule has 1 rings (SSSR count). The molecule has 0 aliphatic rings. The number of rotatable bonds is 1. The van der Waals surface area contributed by atoms with Gasteiger partial charge < -0.3 is 5.11 Å². The number of carboxylic acid groups (broad SMARTS) is 1. The zero-order valence-corrected chi connectivity index (χ0v) is 8.09. The molecule has 0 bridgehead atoms. The predicted molar refractivity (Wildman–Crippen MR) is 33.7 cm³/mol. The van der Waals surface area contributed by atoms with Crippen LogP contribution in [0.15, 0.2) is 18.2 Å². The van der Waals surface area contributed by atoms with Gasteiger partial charge in [0.25, 0.3) is 5.97 Å². The van der Waals surface area contributed by atoms with E-state index in [1.54, 1.807) is 25.1 Å². The first-order valence-corrected chi connectivity index (χ1v) is 2.67. The molecule has 3 heteroatoms. The van der Waals surface area contributed by atoms with E-state index in [2.05, 4.69) is 0 Å². The van der Waals surface area contributed by atoms with Crippen LogP contribution in [-0.2, 0) is 0 Å². The normalized spacial score (nSPS) is 8.50. The molecule has 0 unspecified atom stereocenters. The molecule has 0 aliphatic heterocycles. The Hall–Kier alpha value is -0.180. The molecule has 0 saturated carbocycles. The van der Waals surface area contributed by atoms with E-state index >= 15 is 0 Å². The minimum atomic E-state index is -0.850. The SMILES string of the molecule is Cc1ccc[c-]1C(=O)O.[Na+]. The van der Waals surface area contributed by atoms with Crippen molar-refractivity contribution in [2.45, 2.75) is 6.92 Å². The summed E-state index contributed by atoms with van der Waals surface area (Å²) >= 11 is 0. The van der Waals surface area contributed by atoms with E-state index in [9.17, 15) is 4.79 Å². The van der Waals surface area contributed by atoms with Gasteiger partial charge in [-0.05, 0) is 5.56 Å². The van der Waals surface area contributed by atoms with Gasteiger partial charge in [-0.25, -0.2) is 12.1 Å². The van der Waals surface area contributed by atoms with Gasteiger partial charge >= 0.3 is 29.6 Å². The van der Waals surface area contributed by atoms with Crippen LogP contribution < -0.4 is 29.6 Å². The number of hydrogen-bond acceptors (Lipinski definition) is 1. The Morgan fingerprint density at radius 1 is 1.70 bits per heavy atom. The average Bonchev–Trinajstić information content (AvgIpc) is 2.13. The van der Waals surface area contributed by atoms with Crippen LogP contribution in [0.4, 0.5) is 0 Å². The number of aromatic carboxylic acids is 1. The quantitative estimate of drug-likeness (QED) is 0.383. The van der Waals surface area contributed by atoms with Gasteiger partial charge in [-0.2, -0.15) is 11.6 Å². The Bertz CT molecular complexity index is 227. The van der Waals surface area contributed by atoms with E-state index in [-0.39, 0.29) is 29.6 Å². The predicted octanol–water partition coefficient (Wildman–Crippen LogP) is -1.58. The molecule has 0 atom stereocenters. The summed E-state index contributed by atoms with van der Waals surface area (Å²) < 4.78 is 0. The molecular weight excluding hydrogens is 139 g/mol. The van der Waals surface area contributed by atoms with Crippen molar-refractivity contribution in [3.05, 3.63) is 29.3 Å². The molecule has 0 heterocycles. The second-order valence-corrected chi connectivity index (χ2v) is 1.93. The first-order chi connectivity index (χ1) is 4.22. The second kappa shape index (κ2) is 3.86. The number of carbonyl (C=O) groups is 1. The van der Waals surface area contributed by atoms with Crippen molar-refractivity contribution in [1.82, 2.24) is 0 Å². The van der Waals surface area contributed by atoms with Crippen LogP contribution in [0.2, 0.25) is 0 Å². The van der Waals surface area contributed by atoms with Gasteiger partial charge in [0.2, 0.25) is 0 Å². The summed E-state index contributed by atoms with van der Waals surface area (Å²) in [5, 5.41) is 8.45. The van der Waals surface area contributed by atoms with E-state index in [4.69, 9.17) is 5.11 Å². The third kappa shape index (κ3) is 1.90. The van der Waals surface area contributed by atoms with Gasteiger partial charge in [-0.1, -0.05) is 6.92 Å². The summed E-state index contributed by atoms with van der Waals surface area (Å²) in [4.78, 5) is 10.3. The van der Waals surface area contributed by atoms with E-state index in [1.165, 1.54) is 0 Å². The fourth-order valence-corrected chi connectivity index (χ4v) is 0.750. The Labute approximate surface area is 81.5 Å². The molecule has 1 N–H and O–H groups in total. The van der Waals surface area contributed by atoms with Crippen LogP contribution in [-0.4, -0.2) is 11.1 Å². The van der Waals surface area contributed by atoms with Crippen LogP contribution >= 0.6 is 0 Å². The van der Waals surface area contributed by atoms with Gasteiger partial charge in [-0.3, -0.25) is 4.79 Å². The Morgan fingerprint density at radius 3 is 2.50 bits per heavy atom. The van der Waals surface area contributed by atoms with Crippen molar-refractivity contribution >= 4 is 5.97 Å². The Morgan fingerprint density at radius 2 is 2.30 bits per heavy atom. The summed E-state index contributed by atoms with van der Waals surface area (Å²) in [7, 11) is 0. The maximum absolute atomic E-state index is 10.3. The third-order valence-corrected chi connectivity index (χ3v) is 1.26. The molecule has 0 aliphatic carbocycles. The molecule has 1 aromatic rings. The van der Waals surface area contributed by atoms with E-state index in [0.29, 0.717) is 5.56 Å². The number of aryl methyl sites for hydroxylation is 1. The van der Waals surface area contributed by atoms with Crippen molar-refractivity contribution in [3.63, 3.8) is 0 Å². The van der Waals surface area contributed by atoms with Crippen LogP contribution in [0, 0.1) is 6.92 Å². The molecule has 10 heavy (non-hydrogen) atoms. The van der Waals surface area contributed by atoms with Gasteiger partial charge in [-0.15, -0.1) is 0 Å². The maximum Gasteiger partial charge on any atom is 1.00 e. The number of carboxylic acids is 1. The molecule has 1 aromatic carbocycles. The second-order valence-electron chi connectivity index (χ2n) is 1.93. The molecular formula is C7H7NaO2. The fraction of sp³-hybridized carbons (Fsp3) is 0.143. The third-order valence-electron chi connectivity index (χ3n) is 1.26. The van der Waals surface area contributed by atoms with E-state index in [0.717, 1.165) is 5.56 Å². The first kappa shape index (κ1) is 9.82. The zero-order valence-electron chi connectivity index (χ0n) is 6.09. The van der Waals surface area contributed by atoms with Crippen LogP contribution in [0.5, 0.6) is 0 Å². The first-order valence-electron chi connectivity index (χ1n) is 2.67. The molecule has 0 aromatic heterocycles. The summed E-state index contributed by atoms with van der Waals surface area (Å²) in [5.41, 5.74) is 1.22. The van der Waals surface area contributed by atoms with Gasteiger partial charge in [0.15, 0.2) is 0 Å². The van der Waals surface area contributed by atoms with E-state index < -0.39 is 5.97 Å². The van der Waals surface area contributed by atoms with Crippen LogP contribution in [0.3, 0.4) is 0 Å². The van der Waals surface area contributed by atoms with Crippen LogP contribution in [0.1, 0.15) is 15.9 Å². The smallest absolute Gasteiger partial charge is 0.487 e. The Balaban J connectivity index is 0.000000810. The van der Waals surface area contributed by atoms with Crippen LogP contribution in [0.25, 0.3) is 0 Å². The molecule has 0 saturated heterocycles. The van der Waals surface area contributed by atoms with Crippen molar-refractivity contribution in [2.75, 3.05) is 0 Å². The molecule has 0 spiro atoms. The summed E-state index contributed by atoms with van der Waals surface area (Å²) in [5.74, 6) is -0.850. The minimum Gasteiger partial charge on any atom is -0.487 e. The summed E-state index contributed by atoms with van der Waals surface area (Å²) in [6, 6.07) is 5.11. The molecule has 2 nitrogen and oxygen atoms in total. The monoisotopic (exact) mass is 146 g/mol. The summed E-state index contributed by atoms with van der Waals surface area (Å²) in [6.45, 7) is 1.78. The van der Waals surface area contributed by atoms with Crippen molar-refractivity contribution < 1.29 is 39.5 Å². The topological polar surface area (TPSA) is 37.3 Å². The largest absolute Gasteiger partial charge is 1.00 e. The van der Waals surface area contributed by atoms with Gasteiger partial charge in [0, 0.05) is 0 Å². The van der Waals surface area contributed by atoms with Gasteiger partial charge in [0.1, 0.15) is 0 Å². The average molecular weight is 146 g/mol. The molecule has 0 fully saturated rings. The van der Waals surface area contributed by atoms with Crippen molar-refractivity contribution in [3.8, 4) is 0 Å². The summed E-state index contributed by atoms with van der Waals surface area (Å²) in [6.07, 6.45) is 0. The molecule has 48 valence electrons.